The molecule has 0 amide bonds. The van der Waals surface area contributed by atoms with Gasteiger partial charge in [0, 0.05) is 11.3 Å². The van der Waals surface area contributed by atoms with Gasteiger partial charge in [0.2, 0.25) is 0 Å². The highest BCUT2D eigenvalue weighted by Gasteiger charge is 1.92. The Bertz CT molecular complexity index is 300. The maximum absolute atomic E-state index is 8.78. The van der Waals surface area contributed by atoms with E-state index in [1.165, 1.54) is 50.5 Å². The molecule has 1 aromatic carbocycles. The molecule has 18 heavy (non-hydrogen) atoms. The predicted octanol–water partition coefficient (Wildman–Crippen LogP) is 3.33. The average molecular weight is 270 g/mol. The number of hydrogen-bond donors (Lipinski definition) is 1. The number of benzene rings is 1. The van der Waals surface area contributed by atoms with E-state index in [2.05, 4.69) is 42.4 Å². The second kappa shape index (κ2) is 12.7. The van der Waals surface area contributed by atoms with Crippen molar-refractivity contribution in [3.05, 3.63) is 35.9 Å². The second-order valence-corrected chi connectivity index (χ2v) is 4.78. The Morgan fingerprint density at radius 1 is 1.06 bits per heavy atom. The van der Waals surface area contributed by atoms with E-state index < -0.39 is 11.3 Å². The van der Waals surface area contributed by atoms with Gasteiger partial charge in [-0.15, -0.1) is 0 Å². The van der Waals surface area contributed by atoms with E-state index in [9.17, 15) is 0 Å². The molecular weight excluding hydrogens is 246 g/mol. The van der Waals surface area contributed by atoms with Gasteiger partial charge in [-0.25, -0.2) is 0 Å². The first-order valence-corrected chi connectivity index (χ1v) is 7.68. The van der Waals surface area contributed by atoms with Crippen LogP contribution in [-0.2, 0) is 17.7 Å². The molecule has 0 aliphatic carbocycles. The molecule has 2 N–H and O–H groups in total. The number of unbranched alkanes of at least 4 members (excludes halogenated alkanes) is 5. The zero-order valence-electron chi connectivity index (χ0n) is 11.1. The highest BCUT2D eigenvalue weighted by atomic mass is 32.2. The van der Waals surface area contributed by atoms with Crippen LogP contribution in [0.4, 0.5) is 0 Å². The fraction of sp³-hybridized carbons (Fsp3) is 0.571. The lowest BCUT2D eigenvalue weighted by molar-refractivity contribution is 0.539. The molecule has 0 fully saturated rings. The first-order valence-electron chi connectivity index (χ1n) is 6.54. The van der Waals surface area contributed by atoms with Gasteiger partial charge in [0.05, 0.1) is 0 Å². The van der Waals surface area contributed by atoms with E-state index in [1.54, 1.807) is 0 Å². The molecule has 0 aromatic heterocycles. The minimum Gasteiger partial charge on any atom is -0.760 e. The minimum absolute atomic E-state index is 1.26. The lowest BCUT2D eigenvalue weighted by atomic mass is 10.1. The summed E-state index contributed by atoms with van der Waals surface area (Å²) in [6, 6.07) is 10.8. The van der Waals surface area contributed by atoms with Gasteiger partial charge in [-0.05, 0) is 18.4 Å². The standard InChI is InChI=1S/C14H22.H3NO2S/c1-2-3-4-5-6-8-11-14-12-9-7-10-13-14;1-4(2)3/h7,9-10,12-13H,2-6,8,11H2,1H3;1H2,(H,2,3)/p-1. The SMILES string of the molecule is CCCCCCCCc1ccccc1.NS(=O)[O-]. The molecular formula is C14H24NO2S-. The van der Waals surface area contributed by atoms with Crippen LogP contribution in [0.2, 0.25) is 0 Å². The van der Waals surface area contributed by atoms with Crippen LogP contribution in [-0.4, -0.2) is 8.76 Å². The molecule has 4 heteroatoms. The minimum atomic E-state index is -2.36. The number of rotatable bonds is 7. The van der Waals surface area contributed by atoms with Crippen LogP contribution in [0, 0.1) is 0 Å². The van der Waals surface area contributed by atoms with E-state index in [0.717, 1.165) is 0 Å². The van der Waals surface area contributed by atoms with Gasteiger partial charge in [0.25, 0.3) is 0 Å². The van der Waals surface area contributed by atoms with Crippen LogP contribution in [0.25, 0.3) is 0 Å². The molecule has 0 heterocycles. The highest BCUT2D eigenvalue weighted by molar-refractivity contribution is 7.76. The normalized spacial score (nSPS) is 11.5. The summed E-state index contributed by atoms with van der Waals surface area (Å²) in [6.07, 6.45) is 9.60. The second-order valence-electron chi connectivity index (χ2n) is 4.26. The van der Waals surface area contributed by atoms with Crippen LogP contribution in [0.5, 0.6) is 0 Å². The molecule has 0 radical (unpaired) electrons. The zero-order chi connectivity index (χ0) is 13.6. The Labute approximate surface area is 113 Å². The summed E-state index contributed by atoms with van der Waals surface area (Å²) in [5.74, 6) is 0. The van der Waals surface area contributed by atoms with E-state index in [0.29, 0.717) is 0 Å². The van der Waals surface area contributed by atoms with Crippen molar-refractivity contribution in [2.45, 2.75) is 51.9 Å². The molecule has 0 bridgehead atoms. The van der Waals surface area contributed by atoms with Crippen molar-refractivity contribution in [3.63, 3.8) is 0 Å². The predicted molar refractivity (Wildman–Crippen MR) is 76.6 cm³/mol. The van der Waals surface area contributed by atoms with Crippen molar-refractivity contribution in [2.75, 3.05) is 0 Å². The molecule has 0 spiro atoms. The maximum Gasteiger partial charge on any atom is 0.0152 e. The molecule has 0 aliphatic heterocycles. The summed E-state index contributed by atoms with van der Waals surface area (Å²) in [6.45, 7) is 2.27. The number of hydrogen-bond acceptors (Lipinski definition) is 2. The van der Waals surface area contributed by atoms with Gasteiger partial charge in [0.1, 0.15) is 0 Å². The van der Waals surface area contributed by atoms with Gasteiger partial charge in [-0.3, -0.25) is 9.35 Å². The summed E-state index contributed by atoms with van der Waals surface area (Å²) in [5, 5.41) is 4.03. The summed E-state index contributed by atoms with van der Waals surface area (Å²) in [4.78, 5) is 0. The topological polar surface area (TPSA) is 66.2 Å². The summed E-state index contributed by atoms with van der Waals surface area (Å²) in [7, 11) is 0. The van der Waals surface area contributed by atoms with Crippen LogP contribution >= 0.6 is 0 Å². The Morgan fingerprint density at radius 3 is 2.11 bits per heavy atom. The Hall–Kier alpha value is -0.710. The van der Waals surface area contributed by atoms with Gasteiger partial charge in [-0.2, -0.15) is 0 Å². The smallest absolute Gasteiger partial charge is 0.0152 e. The zero-order valence-corrected chi connectivity index (χ0v) is 12.0. The fourth-order valence-electron chi connectivity index (χ4n) is 1.75. The van der Waals surface area contributed by atoms with E-state index in [4.69, 9.17) is 8.76 Å². The van der Waals surface area contributed by atoms with Crippen LogP contribution in [0.15, 0.2) is 30.3 Å². The monoisotopic (exact) mass is 270 g/mol. The molecule has 0 saturated heterocycles. The average Bonchev–Trinajstić information content (AvgIpc) is 2.34. The van der Waals surface area contributed by atoms with E-state index >= 15 is 0 Å². The van der Waals surface area contributed by atoms with Crippen LogP contribution in [0.3, 0.4) is 0 Å². The first-order chi connectivity index (χ1) is 8.66. The van der Waals surface area contributed by atoms with E-state index in [-0.39, 0.29) is 0 Å². The largest absolute Gasteiger partial charge is 0.760 e. The third-order valence-electron chi connectivity index (χ3n) is 2.66. The number of nitrogens with two attached hydrogens (primary N) is 1. The lowest BCUT2D eigenvalue weighted by Gasteiger charge is -2.01. The van der Waals surface area contributed by atoms with Gasteiger partial charge in [0.15, 0.2) is 0 Å². The Balaban J connectivity index is 0.000000631. The maximum atomic E-state index is 8.78. The van der Waals surface area contributed by atoms with Crippen molar-refractivity contribution in [3.8, 4) is 0 Å². The van der Waals surface area contributed by atoms with Crippen molar-refractivity contribution in [1.82, 2.24) is 0 Å². The van der Waals surface area contributed by atoms with Gasteiger partial charge >= 0.3 is 0 Å². The molecule has 1 unspecified atom stereocenters. The molecule has 1 atom stereocenters. The molecule has 0 aliphatic rings. The number of aryl methyl sites for hydroxylation is 1. The Kier molecular flexibility index (Phi) is 12.2. The summed E-state index contributed by atoms with van der Waals surface area (Å²) in [5.41, 5.74) is 1.49. The van der Waals surface area contributed by atoms with E-state index in [1.807, 2.05) is 0 Å². The summed E-state index contributed by atoms with van der Waals surface area (Å²) >= 11 is -2.36. The molecule has 1 rings (SSSR count). The quantitative estimate of drug-likeness (QED) is 0.610. The lowest BCUT2D eigenvalue weighted by Crippen LogP contribution is -1.97. The molecule has 0 saturated carbocycles. The fourth-order valence-corrected chi connectivity index (χ4v) is 1.75. The van der Waals surface area contributed by atoms with Crippen molar-refractivity contribution >= 4 is 11.3 Å². The van der Waals surface area contributed by atoms with Gasteiger partial charge in [-0.1, -0.05) is 69.4 Å². The molecule has 1 aromatic rings. The highest BCUT2D eigenvalue weighted by Crippen LogP contribution is 2.09. The first kappa shape index (κ1) is 17.3. The van der Waals surface area contributed by atoms with Crippen molar-refractivity contribution in [2.24, 2.45) is 5.14 Å². The third kappa shape index (κ3) is 13.4. The van der Waals surface area contributed by atoms with Crippen molar-refractivity contribution < 1.29 is 8.76 Å². The molecule has 3 nitrogen and oxygen atoms in total. The van der Waals surface area contributed by atoms with Crippen LogP contribution in [0.1, 0.15) is 51.0 Å². The summed E-state index contributed by atoms with van der Waals surface area (Å²) < 4.78 is 17.6. The van der Waals surface area contributed by atoms with Crippen molar-refractivity contribution in [1.29, 1.82) is 0 Å². The van der Waals surface area contributed by atoms with Crippen LogP contribution < -0.4 is 5.14 Å². The molecule has 104 valence electrons. The Morgan fingerprint density at radius 2 is 1.56 bits per heavy atom. The van der Waals surface area contributed by atoms with Gasteiger partial charge < -0.3 is 4.55 Å². The third-order valence-corrected chi connectivity index (χ3v) is 2.66.